The van der Waals surface area contributed by atoms with Crippen molar-refractivity contribution in [2.75, 3.05) is 12.4 Å². The summed E-state index contributed by atoms with van der Waals surface area (Å²) in [5.74, 6) is -0.223. The van der Waals surface area contributed by atoms with Crippen LogP contribution in [-0.2, 0) is 20.7 Å². The molecule has 1 amide bonds. The molecule has 1 atom stereocenters. The number of amides is 1. The molecule has 2 rings (SSSR count). The highest BCUT2D eigenvalue weighted by molar-refractivity contribution is 6.32. The van der Waals surface area contributed by atoms with Crippen LogP contribution in [0.5, 0.6) is 5.75 Å². The maximum absolute atomic E-state index is 12.1. The molecule has 1 N–H and O–H groups in total. The minimum absolute atomic E-state index is 0.144. The molecule has 1 heterocycles. The first-order valence-corrected chi connectivity index (χ1v) is 8.12. The van der Waals surface area contributed by atoms with Crippen LogP contribution in [0.1, 0.15) is 18.9 Å². The van der Waals surface area contributed by atoms with Crippen molar-refractivity contribution in [3.63, 3.8) is 0 Å². The molecule has 0 saturated carbocycles. The van der Waals surface area contributed by atoms with Crippen LogP contribution in [-0.4, -0.2) is 30.1 Å². The fraction of sp³-hybridized carbons (Fsp3) is 0.278. The summed E-state index contributed by atoms with van der Waals surface area (Å²) in [4.78, 5) is 27.9. The topological polar surface area (TPSA) is 77.5 Å². The third kappa shape index (κ3) is 5.46. The molecule has 132 valence electrons. The highest BCUT2D eigenvalue weighted by Gasteiger charge is 2.19. The molecule has 0 fully saturated rings. The highest BCUT2D eigenvalue weighted by Crippen LogP contribution is 2.20. The van der Waals surface area contributed by atoms with E-state index < -0.39 is 18.0 Å². The van der Waals surface area contributed by atoms with E-state index in [4.69, 9.17) is 21.1 Å². The molecule has 0 aliphatic heterocycles. The minimum Gasteiger partial charge on any atom is -0.496 e. The van der Waals surface area contributed by atoms with Gasteiger partial charge in [-0.05, 0) is 37.1 Å². The van der Waals surface area contributed by atoms with Gasteiger partial charge in [0.25, 0.3) is 5.91 Å². The number of rotatable bonds is 7. The van der Waals surface area contributed by atoms with Crippen LogP contribution in [0.25, 0.3) is 0 Å². The summed E-state index contributed by atoms with van der Waals surface area (Å²) in [5.41, 5.74) is 1.27. The first kappa shape index (κ1) is 18.7. The van der Waals surface area contributed by atoms with E-state index in [2.05, 4.69) is 10.3 Å². The van der Waals surface area contributed by atoms with Crippen molar-refractivity contribution in [2.45, 2.75) is 25.9 Å². The van der Waals surface area contributed by atoms with Crippen molar-refractivity contribution < 1.29 is 19.1 Å². The molecule has 0 aliphatic carbocycles. The van der Waals surface area contributed by atoms with E-state index in [1.54, 1.807) is 19.2 Å². The Balaban J connectivity index is 1.85. The van der Waals surface area contributed by atoms with E-state index >= 15 is 0 Å². The number of halogens is 1. The molecule has 1 aromatic heterocycles. The number of methoxy groups -OCH3 is 1. The Morgan fingerprint density at radius 1 is 1.24 bits per heavy atom. The first-order chi connectivity index (χ1) is 12.0. The summed E-state index contributed by atoms with van der Waals surface area (Å²) < 4.78 is 10.4. The number of para-hydroxylation sites is 1. The number of ether oxygens (including phenoxy) is 2. The zero-order chi connectivity index (χ0) is 18.2. The lowest BCUT2D eigenvalue weighted by atomic mass is 10.1. The van der Waals surface area contributed by atoms with E-state index in [1.807, 2.05) is 24.3 Å². The third-order valence-corrected chi connectivity index (χ3v) is 3.79. The molecule has 7 heteroatoms. The van der Waals surface area contributed by atoms with Crippen LogP contribution < -0.4 is 10.1 Å². The second-order valence-electron chi connectivity index (χ2n) is 5.27. The summed E-state index contributed by atoms with van der Waals surface area (Å²) in [6, 6.07) is 10.7. The number of aryl methyl sites for hydroxylation is 1. The number of carbonyl (C=O) groups is 2. The number of nitrogens with one attached hydrogen (secondary N) is 1. The lowest BCUT2D eigenvalue weighted by Gasteiger charge is -2.14. The molecular weight excluding hydrogens is 344 g/mol. The van der Waals surface area contributed by atoms with Gasteiger partial charge in [0.1, 0.15) is 5.75 Å². The van der Waals surface area contributed by atoms with Gasteiger partial charge in [0, 0.05) is 12.6 Å². The second-order valence-corrected chi connectivity index (χ2v) is 5.63. The van der Waals surface area contributed by atoms with Crippen molar-refractivity contribution in [1.29, 1.82) is 0 Å². The monoisotopic (exact) mass is 362 g/mol. The number of benzene rings is 1. The van der Waals surface area contributed by atoms with Gasteiger partial charge in [0.2, 0.25) is 0 Å². The number of anilines is 1. The number of carbonyl (C=O) groups excluding carboxylic acids is 2. The highest BCUT2D eigenvalue weighted by atomic mass is 35.5. The fourth-order valence-electron chi connectivity index (χ4n) is 2.17. The molecule has 1 aromatic carbocycles. The number of hydrogen-bond donors (Lipinski definition) is 1. The Hall–Kier alpha value is -2.60. The predicted octanol–water partition coefficient (Wildman–Crippen LogP) is 3.25. The Morgan fingerprint density at radius 2 is 2.00 bits per heavy atom. The molecular formula is C18H19ClN2O4. The maximum atomic E-state index is 12.1. The molecule has 2 aromatic rings. The lowest BCUT2D eigenvalue weighted by molar-refractivity contribution is -0.153. The van der Waals surface area contributed by atoms with Gasteiger partial charge in [-0.3, -0.25) is 9.59 Å². The van der Waals surface area contributed by atoms with Crippen LogP contribution in [0.2, 0.25) is 5.15 Å². The van der Waals surface area contributed by atoms with Crippen molar-refractivity contribution >= 4 is 29.2 Å². The smallest absolute Gasteiger partial charge is 0.306 e. The third-order valence-electron chi connectivity index (χ3n) is 3.49. The van der Waals surface area contributed by atoms with Crippen molar-refractivity contribution in [2.24, 2.45) is 0 Å². The van der Waals surface area contributed by atoms with Gasteiger partial charge < -0.3 is 14.8 Å². The molecule has 25 heavy (non-hydrogen) atoms. The Kier molecular flexibility index (Phi) is 6.77. The molecule has 0 aliphatic rings. The Labute approximate surface area is 151 Å². The van der Waals surface area contributed by atoms with E-state index in [0.717, 1.165) is 5.56 Å². The van der Waals surface area contributed by atoms with Crippen molar-refractivity contribution in [3.8, 4) is 5.75 Å². The summed E-state index contributed by atoms with van der Waals surface area (Å²) in [6.45, 7) is 1.50. The van der Waals surface area contributed by atoms with Gasteiger partial charge in [-0.2, -0.15) is 0 Å². The van der Waals surface area contributed by atoms with Gasteiger partial charge in [-0.15, -0.1) is 0 Å². The van der Waals surface area contributed by atoms with Crippen molar-refractivity contribution in [1.82, 2.24) is 4.98 Å². The van der Waals surface area contributed by atoms with Crippen LogP contribution in [0.4, 0.5) is 5.69 Å². The molecule has 0 saturated heterocycles. The number of nitrogens with zero attached hydrogens (tertiary/aromatic N) is 1. The maximum Gasteiger partial charge on any atom is 0.306 e. The number of esters is 1. The van der Waals surface area contributed by atoms with Gasteiger partial charge >= 0.3 is 5.97 Å². The zero-order valence-corrected chi connectivity index (χ0v) is 14.7. The summed E-state index contributed by atoms with van der Waals surface area (Å²) in [5, 5.41) is 2.75. The largest absolute Gasteiger partial charge is 0.496 e. The SMILES string of the molecule is COc1ccccc1CCC(=O)O[C@H](C)C(=O)Nc1cccnc1Cl. The summed E-state index contributed by atoms with van der Waals surface area (Å²) in [6.07, 6.45) is 1.18. The van der Waals surface area contributed by atoms with Crippen molar-refractivity contribution in [3.05, 3.63) is 53.3 Å². The molecule has 0 unspecified atom stereocenters. The quantitative estimate of drug-likeness (QED) is 0.604. The Morgan fingerprint density at radius 3 is 2.72 bits per heavy atom. The van der Waals surface area contributed by atoms with Crippen LogP contribution in [0.15, 0.2) is 42.6 Å². The standard InChI is InChI=1S/C18H19ClN2O4/c1-12(18(23)21-14-7-5-11-20-17(14)19)25-16(22)10-9-13-6-3-4-8-15(13)24-2/h3-8,11-12H,9-10H2,1-2H3,(H,21,23)/t12-/m1/s1. The fourth-order valence-corrected chi connectivity index (χ4v) is 2.34. The minimum atomic E-state index is -0.943. The average molecular weight is 363 g/mol. The summed E-state index contributed by atoms with van der Waals surface area (Å²) in [7, 11) is 1.58. The number of aromatic nitrogens is 1. The molecule has 6 nitrogen and oxygen atoms in total. The number of pyridine rings is 1. The first-order valence-electron chi connectivity index (χ1n) is 7.74. The zero-order valence-electron chi connectivity index (χ0n) is 14.0. The van der Waals surface area contributed by atoms with Crippen LogP contribution >= 0.6 is 11.6 Å². The second kappa shape index (κ2) is 9.03. The number of hydrogen-bond acceptors (Lipinski definition) is 5. The molecule has 0 spiro atoms. The van der Waals surface area contributed by atoms with Gasteiger partial charge in [0.05, 0.1) is 12.8 Å². The van der Waals surface area contributed by atoms with Gasteiger partial charge in [0.15, 0.2) is 11.3 Å². The molecule has 0 bridgehead atoms. The molecule has 0 radical (unpaired) electrons. The van der Waals surface area contributed by atoms with Crippen LogP contribution in [0, 0.1) is 0 Å². The van der Waals surface area contributed by atoms with Crippen LogP contribution in [0.3, 0.4) is 0 Å². The van der Waals surface area contributed by atoms with Gasteiger partial charge in [-0.1, -0.05) is 29.8 Å². The predicted molar refractivity (Wildman–Crippen MR) is 94.7 cm³/mol. The van der Waals surface area contributed by atoms with E-state index in [0.29, 0.717) is 17.9 Å². The lowest BCUT2D eigenvalue weighted by Crippen LogP contribution is -2.30. The van der Waals surface area contributed by atoms with E-state index in [1.165, 1.54) is 13.1 Å². The van der Waals surface area contributed by atoms with Gasteiger partial charge in [-0.25, -0.2) is 4.98 Å². The average Bonchev–Trinajstić information content (AvgIpc) is 2.62. The Bertz CT molecular complexity index is 751. The normalized spacial score (nSPS) is 11.5. The summed E-state index contributed by atoms with van der Waals surface area (Å²) >= 11 is 5.88. The van der Waals surface area contributed by atoms with E-state index in [9.17, 15) is 9.59 Å². The van der Waals surface area contributed by atoms with E-state index in [-0.39, 0.29) is 11.6 Å².